The highest BCUT2D eigenvalue weighted by Gasteiger charge is 2.42. The third-order valence-electron chi connectivity index (χ3n) is 7.05. The molecule has 5 heterocycles. The number of alkyl halides is 1. The lowest BCUT2D eigenvalue weighted by atomic mass is 9.82. The molecule has 35 heavy (non-hydrogen) atoms. The summed E-state index contributed by atoms with van der Waals surface area (Å²) in [6, 6.07) is 6.75. The van der Waals surface area contributed by atoms with Crippen LogP contribution in [0.3, 0.4) is 0 Å². The van der Waals surface area contributed by atoms with Crippen molar-refractivity contribution in [1.29, 1.82) is 0 Å². The first kappa shape index (κ1) is 21.9. The molecule has 1 aromatic carbocycles. The van der Waals surface area contributed by atoms with Crippen LogP contribution in [0.15, 0.2) is 30.5 Å². The molecule has 0 saturated carbocycles. The first-order chi connectivity index (χ1) is 17.1. The Morgan fingerprint density at radius 3 is 2.80 bits per heavy atom. The zero-order chi connectivity index (χ0) is 23.9. The van der Waals surface area contributed by atoms with Crippen LogP contribution in [-0.4, -0.2) is 75.0 Å². The van der Waals surface area contributed by atoms with Crippen LogP contribution in [-0.2, 0) is 0 Å². The van der Waals surface area contributed by atoms with Gasteiger partial charge in [0.15, 0.2) is 17.4 Å². The zero-order valence-corrected chi connectivity index (χ0v) is 19.3. The number of anilines is 1. The molecule has 2 saturated heterocycles. The minimum Gasteiger partial charge on any atom is -0.507 e. The van der Waals surface area contributed by atoms with Gasteiger partial charge in [0.2, 0.25) is 0 Å². The van der Waals surface area contributed by atoms with Crippen LogP contribution in [0.1, 0.15) is 25.7 Å². The van der Waals surface area contributed by atoms with E-state index in [0.717, 1.165) is 25.7 Å². The Bertz CT molecular complexity index is 1230. The third-order valence-corrected chi connectivity index (χ3v) is 7.05. The number of benzene rings is 1. The van der Waals surface area contributed by atoms with Gasteiger partial charge in [-0.1, -0.05) is 12.5 Å². The van der Waals surface area contributed by atoms with E-state index in [4.69, 9.17) is 9.47 Å². The normalized spacial score (nSPS) is 25.2. The molecule has 0 spiro atoms. The molecule has 4 atom stereocenters. The van der Waals surface area contributed by atoms with E-state index in [-0.39, 0.29) is 23.7 Å². The lowest BCUT2D eigenvalue weighted by molar-refractivity contribution is 0.107. The Balaban J connectivity index is 1.21. The quantitative estimate of drug-likeness (QED) is 0.578. The number of nitrogens with zero attached hydrogens (tertiary/aromatic N) is 6. The van der Waals surface area contributed by atoms with Crippen LogP contribution >= 0.6 is 0 Å². The van der Waals surface area contributed by atoms with Gasteiger partial charge in [0.25, 0.3) is 5.88 Å². The van der Waals surface area contributed by atoms with Gasteiger partial charge in [-0.3, -0.25) is 0 Å². The first-order valence-electron chi connectivity index (χ1n) is 11.9. The Labute approximate surface area is 201 Å². The van der Waals surface area contributed by atoms with Gasteiger partial charge in [-0.05, 0) is 31.4 Å². The number of ether oxygens (including phenoxy) is 2. The van der Waals surface area contributed by atoms with Crippen molar-refractivity contribution >= 4 is 5.82 Å². The number of phenols is 1. The standard InChI is InChI=1S/C24H26FN7O3/c1-32(18-10-14-3-2-4-16(27-14)22(18)25)21-12-26-23(30-29-21)15-6-5-13(9-19(15)33)17-11-20-24(31-28-17)35-8-7-34-20/h5-6,9,11-12,14,16,18,22,27,33H,2-4,7-8,10H2,1H3/t14-,16-,18+,22-/m0/s1. The van der Waals surface area contributed by atoms with Gasteiger partial charge in [0.1, 0.15) is 25.1 Å². The molecule has 10 nitrogen and oxygen atoms in total. The number of aromatic hydroxyl groups is 1. The monoisotopic (exact) mass is 479 g/mol. The molecule has 2 N–H and O–H groups in total. The van der Waals surface area contributed by atoms with E-state index in [0.29, 0.717) is 53.5 Å². The van der Waals surface area contributed by atoms with Crippen LogP contribution in [0, 0.1) is 0 Å². The minimum atomic E-state index is -0.974. The lowest BCUT2D eigenvalue weighted by Gasteiger charge is -2.45. The fourth-order valence-corrected chi connectivity index (χ4v) is 5.15. The molecule has 182 valence electrons. The van der Waals surface area contributed by atoms with Gasteiger partial charge in [-0.2, -0.15) is 0 Å². The maximum atomic E-state index is 15.1. The smallest absolute Gasteiger partial charge is 0.276 e. The summed E-state index contributed by atoms with van der Waals surface area (Å²) in [4.78, 5) is 6.24. The van der Waals surface area contributed by atoms with E-state index in [1.165, 1.54) is 0 Å². The SMILES string of the molecule is CN(c1cnc(-c2ccc(-c3cc4c(nn3)OCCO4)cc2O)nn1)[C@@H]1C[C@@H]2CCC[C@H](N2)[C@@H]1F. The third kappa shape index (κ3) is 4.09. The van der Waals surface area contributed by atoms with Crippen LogP contribution in [0.5, 0.6) is 17.4 Å². The summed E-state index contributed by atoms with van der Waals surface area (Å²) in [6.45, 7) is 0.884. The Hall–Kier alpha value is -3.60. The van der Waals surface area contributed by atoms with Crippen LogP contribution in [0.25, 0.3) is 22.6 Å². The molecule has 3 aliphatic rings. The molecule has 2 fully saturated rings. The van der Waals surface area contributed by atoms with Gasteiger partial charge in [-0.25, -0.2) is 9.37 Å². The summed E-state index contributed by atoms with van der Waals surface area (Å²) in [5, 5.41) is 30.8. The highest BCUT2D eigenvalue weighted by molar-refractivity contribution is 5.72. The highest BCUT2D eigenvalue weighted by Crippen LogP contribution is 2.35. The van der Waals surface area contributed by atoms with Gasteiger partial charge < -0.3 is 24.8 Å². The number of halogens is 1. The highest BCUT2D eigenvalue weighted by atomic mass is 19.1. The van der Waals surface area contributed by atoms with E-state index in [1.807, 2.05) is 11.9 Å². The summed E-state index contributed by atoms with van der Waals surface area (Å²) in [5.41, 5.74) is 1.63. The van der Waals surface area contributed by atoms with E-state index < -0.39 is 6.17 Å². The minimum absolute atomic E-state index is 0.0166. The average Bonchev–Trinajstić information content (AvgIpc) is 2.90. The number of rotatable bonds is 4. The van der Waals surface area contributed by atoms with Crippen molar-refractivity contribution < 1.29 is 19.0 Å². The summed E-state index contributed by atoms with van der Waals surface area (Å²) in [6.07, 6.45) is 4.33. The molecule has 0 aliphatic carbocycles. The molecule has 0 amide bonds. The molecule has 3 aromatic rings. The van der Waals surface area contributed by atoms with Crippen molar-refractivity contribution in [3.63, 3.8) is 0 Å². The van der Waals surface area contributed by atoms with Crippen LogP contribution in [0.2, 0.25) is 0 Å². The molecule has 3 aliphatic heterocycles. The summed E-state index contributed by atoms with van der Waals surface area (Å²) < 4.78 is 26.1. The topological polar surface area (TPSA) is 118 Å². The second-order valence-electron chi connectivity index (χ2n) is 9.23. The molecule has 6 rings (SSSR count). The zero-order valence-electron chi connectivity index (χ0n) is 19.3. The molecule has 0 radical (unpaired) electrons. The fraction of sp³-hybridized carbons (Fsp3) is 0.458. The molecular weight excluding hydrogens is 453 g/mol. The average molecular weight is 480 g/mol. The van der Waals surface area contributed by atoms with E-state index >= 15 is 4.39 Å². The molecular formula is C24H26FN7O3. The molecule has 2 aromatic heterocycles. The van der Waals surface area contributed by atoms with Gasteiger partial charge in [0, 0.05) is 30.8 Å². The number of nitrogens with one attached hydrogen (secondary N) is 1. The van der Waals surface area contributed by atoms with Crippen molar-refractivity contribution in [3.8, 4) is 40.0 Å². The van der Waals surface area contributed by atoms with Gasteiger partial charge in [0.05, 0.1) is 23.5 Å². The molecule has 11 heteroatoms. The fourth-order valence-electron chi connectivity index (χ4n) is 5.15. The Morgan fingerprint density at radius 1 is 1.09 bits per heavy atom. The molecule has 2 bridgehead atoms. The number of hydrogen-bond acceptors (Lipinski definition) is 10. The van der Waals surface area contributed by atoms with Crippen molar-refractivity contribution in [2.75, 3.05) is 25.2 Å². The summed E-state index contributed by atoms with van der Waals surface area (Å²) >= 11 is 0. The van der Waals surface area contributed by atoms with Gasteiger partial charge in [-0.15, -0.1) is 20.4 Å². The van der Waals surface area contributed by atoms with E-state index in [9.17, 15) is 5.11 Å². The number of aromatic nitrogens is 5. The summed E-state index contributed by atoms with van der Waals surface area (Å²) in [5.74, 6) is 1.64. The second-order valence-corrected chi connectivity index (χ2v) is 9.23. The van der Waals surface area contributed by atoms with Crippen molar-refractivity contribution in [3.05, 3.63) is 30.5 Å². The predicted octanol–water partition coefficient (Wildman–Crippen LogP) is 2.53. The Morgan fingerprint density at radius 2 is 1.97 bits per heavy atom. The largest absolute Gasteiger partial charge is 0.507 e. The predicted molar refractivity (Wildman–Crippen MR) is 125 cm³/mol. The number of piperidine rings is 2. The van der Waals surface area contributed by atoms with E-state index in [1.54, 1.807) is 30.5 Å². The van der Waals surface area contributed by atoms with Crippen LogP contribution < -0.4 is 19.7 Å². The van der Waals surface area contributed by atoms with Crippen molar-refractivity contribution in [2.45, 2.75) is 50.0 Å². The van der Waals surface area contributed by atoms with Crippen molar-refractivity contribution in [2.24, 2.45) is 0 Å². The van der Waals surface area contributed by atoms with Gasteiger partial charge >= 0.3 is 0 Å². The Kier molecular flexibility index (Phi) is 5.56. The maximum Gasteiger partial charge on any atom is 0.276 e. The second kappa shape index (κ2) is 8.88. The summed E-state index contributed by atoms with van der Waals surface area (Å²) in [7, 11) is 1.84. The lowest BCUT2D eigenvalue weighted by Crippen LogP contribution is -2.61. The first-order valence-corrected chi connectivity index (χ1v) is 11.9. The van der Waals surface area contributed by atoms with Crippen molar-refractivity contribution in [1.82, 2.24) is 30.7 Å². The maximum absolute atomic E-state index is 15.1. The number of hydrogen-bond donors (Lipinski definition) is 2. The van der Waals surface area contributed by atoms with Crippen LogP contribution in [0.4, 0.5) is 10.2 Å². The number of fused-ring (bicyclic) bond motifs is 3. The number of phenolic OH excluding ortho intramolecular Hbond substituents is 1. The van der Waals surface area contributed by atoms with E-state index in [2.05, 4.69) is 30.7 Å². The molecule has 0 unspecified atom stereocenters.